The van der Waals surface area contributed by atoms with Crippen molar-refractivity contribution in [1.29, 1.82) is 0 Å². The van der Waals surface area contributed by atoms with E-state index in [0.717, 1.165) is 12.8 Å². The smallest absolute Gasteiger partial charge is 0.238 e. The van der Waals surface area contributed by atoms with Crippen molar-refractivity contribution in [3.05, 3.63) is 30.4 Å². The highest BCUT2D eigenvalue weighted by Gasteiger charge is 2.73. The molecule has 3 fully saturated rings. The summed E-state index contributed by atoms with van der Waals surface area (Å²) in [5.74, 6) is 0.995. The summed E-state index contributed by atoms with van der Waals surface area (Å²) in [5, 5.41) is 0. The number of fused-ring (bicyclic) bond motifs is 3. The monoisotopic (exact) mass is 325 g/mol. The van der Waals surface area contributed by atoms with Crippen molar-refractivity contribution in [2.75, 3.05) is 19.1 Å². The fourth-order valence-corrected chi connectivity index (χ4v) is 5.29. The van der Waals surface area contributed by atoms with E-state index in [4.69, 9.17) is 9.47 Å². The van der Waals surface area contributed by atoms with Crippen LogP contribution < -0.4 is 14.4 Å². The Kier molecular flexibility index (Phi) is 2.58. The number of carbonyl (C=O) groups is 2. The number of benzene rings is 1. The third-order valence-electron chi connectivity index (χ3n) is 6.48. The molecule has 0 radical (unpaired) electrons. The second-order valence-corrected chi connectivity index (χ2v) is 7.27. The summed E-state index contributed by atoms with van der Waals surface area (Å²) in [5.41, 5.74) is 0.705. The number of rotatable bonds is 3. The minimum Gasteiger partial charge on any atom is -0.497 e. The van der Waals surface area contributed by atoms with Crippen LogP contribution in [0.5, 0.6) is 11.5 Å². The van der Waals surface area contributed by atoms with Crippen molar-refractivity contribution in [2.24, 2.45) is 29.1 Å². The van der Waals surface area contributed by atoms with E-state index < -0.39 is 0 Å². The highest BCUT2D eigenvalue weighted by Crippen LogP contribution is 2.73. The van der Waals surface area contributed by atoms with Gasteiger partial charge in [-0.1, -0.05) is 12.2 Å². The van der Waals surface area contributed by atoms with Crippen LogP contribution in [0.3, 0.4) is 0 Å². The van der Waals surface area contributed by atoms with E-state index >= 15 is 0 Å². The average Bonchev–Trinajstić information content (AvgIpc) is 3.19. The number of methoxy groups -OCH3 is 2. The van der Waals surface area contributed by atoms with Gasteiger partial charge in [-0.25, -0.2) is 4.90 Å². The Bertz CT molecular complexity index is 761. The summed E-state index contributed by atoms with van der Waals surface area (Å²) in [6.45, 7) is 0. The third-order valence-corrected chi connectivity index (χ3v) is 6.48. The van der Waals surface area contributed by atoms with Gasteiger partial charge in [0.25, 0.3) is 0 Å². The minimum atomic E-state index is -0.203. The molecule has 2 bridgehead atoms. The van der Waals surface area contributed by atoms with Crippen molar-refractivity contribution in [2.45, 2.75) is 12.8 Å². The topological polar surface area (TPSA) is 55.8 Å². The first-order valence-corrected chi connectivity index (χ1v) is 8.40. The molecule has 4 atom stereocenters. The molecule has 0 aromatic heterocycles. The minimum absolute atomic E-state index is 0.0836. The Morgan fingerprint density at radius 3 is 2.12 bits per heavy atom. The molecule has 1 spiro atoms. The molecule has 3 aliphatic carbocycles. The van der Waals surface area contributed by atoms with Crippen LogP contribution in [0.25, 0.3) is 0 Å². The van der Waals surface area contributed by atoms with Gasteiger partial charge in [0.15, 0.2) is 0 Å². The SMILES string of the molecule is COc1ccc(OC)c(N2C(=O)C3C(C2=O)C2C=CC3C23CC3)c1. The molecule has 4 aliphatic rings. The van der Waals surface area contributed by atoms with Gasteiger partial charge < -0.3 is 9.47 Å². The Hall–Kier alpha value is -2.30. The fourth-order valence-electron chi connectivity index (χ4n) is 5.29. The first kappa shape index (κ1) is 14.1. The molecule has 5 heteroatoms. The molecule has 2 amide bonds. The van der Waals surface area contributed by atoms with Crippen molar-refractivity contribution < 1.29 is 19.1 Å². The lowest BCUT2D eigenvalue weighted by Crippen LogP contribution is -2.35. The lowest BCUT2D eigenvalue weighted by Gasteiger charge is -2.23. The second kappa shape index (κ2) is 4.41. The summed E-state index contributed by atoms with van der Waals surface area (Å²) in [7, 11) is 3.11. The number of imide groups is 1. The molecular formula is C19H19NO4. The van der Waals surface area contributed by atoms with Crippen molar-refractivity contribution in [3.63, 3.8) is 0 Å². The largest absolute Gasteiger partial charge is 0.497 e. The molecule has 5 rings (SSSR count). The summed E-state index contributed by atoms with van der Waals surface area (Å²) in [4.78, 5) is 27.6. The maximum absolute atomic E-state index is 13.1. The zero-order valence-corrected chi connectivity index (χ0v) is 13.7. The Morgan fingerprint density at radius 2 is 1.62 bits per heavy atom. The molecule has 124 valence electrons. The number of allylic oxidation sites excluding steroid dienone is 2. The standard InChI is InChI=1S/C19H19NO4/c1-23-10-3-6-14(24-2)13(9-10)20-17(21)15-11-4-5-12(16(15)18(20)22)19(11)7-8-19/h3-6,9,11-12,15-16H,7-8H2,1-2H3. The molecule has 5 nitrogen and oxygen atoms in total. The van der Waals surface area contributed by atoms with Crippen LogP contribution in [0, 0.1) is 29.1 Å². The molecule has 1 aromatic carbocycles. The predicted molar refractivity (Wildman–Crippen MR) is 86.8 cm³/mol. The normalized spacial score (nSPS) is 34.2. The number of carbonyl (C=O) groups excluding carboxylic acids is 2. The van der Waals surface area contributed by atoms with Gasteiger partial charge in [-0.05, 0) is 42.2 Å². The zero-order valence-electron chi connectivity index (χ0n) is 13.7. The van der Waals surface area contributed by atoms with Crippen LogP contribution in [-0.2, 0) is 9.59 Å². The summed E-state index contributed by atoms with van der Waals surface area (Å²) in [6.07, 6.45) is 6.64. The number of hydrogen-bond donors (Lipinski definition) is 0. The van der Waals surface area contributed by atoms with E-state index in [0.29, 0.717) is 17.2 Å². The van der Waals surface area contributed by atoms with E-state index in [2.05, 4.69) is 12.2 Å². The number of hydrogen-bond acceptors (Lipinski definition) is 4. The number of ether oxygens (including phenoxy) is 2. The highest BCUT2D eigenvalue weighted by atomic mass is 16.5. The molecular weight excluding hydrogens is 306 g/mol. The van der Waals surface area contributed by atoms with E-state index in [1.54, 1.807) is 32.4 Å². The Labute approximate surface area is 140 Å². The number of nitrogens with zero attached hydrogens (tertiary/aromatic N) is 1. The van der Waals surface area contributed by atoms with Gasteiger partial charge in [0, 0.05) is 6.07 Å². The fraction of sp³-hybridized carbons (Fsp3) is 0.474. The third kappa shape index (κ3) is 1.46. The summed E-state index contributed by atoms with van der Waals surface area (Å²) < 4.78 is 10.6. The lowest BCUT2D eigenvalue weighted by molar-refractivity contribution is -0.123. The molecule has 1 saturated heterocycles. The van der Waals surface area contributed by atoms with Gasteiger partial charge in [-0.2, -0.15) is 0 Å². The predicted octanol–water partition coefficient (Wildman–Crippen LogP) is 2.41. The van der Waals surface area contributed by atoms with E-state index in [1.165, 1.54) is 4.90 Å². The van der Waals surface area contributed by atoms with Crippen LogP contribution in [0.1, 0.15) is 12.8 Å². The number of amides is 2. The molecule has 2 saturated carbocycles. The Balaban J connectivity index is 1.59. The van der Waals surface area contributed by atoms with Crippen LogP contribution in [-0.4, -0.2) is 26.0 Å². The molecule has 1 heterocycles. The summed E-state index contributed by atoms with van der Waals surface area (Å²) in [6, 6.07) is 5.20. The van der Waals surface area contributed by atoms with E-state index in [-0.39, 0.29) is 40.9 Å². The van der Waals surface area contributed by atoms with Crippen LogP contribution in [0.2, 0.25) is 0 Å². The van der Waals surface area contributed by atoms with Gasteiger partial charge in [-0.3, -0.25) is 9.59 Å². The van der Waals surface area contributed by atoms with Gasteiger partial charge >= 0.3 is 0 Å². The van der Waals surface area contributed by atoms with E-state index in [9.17, 15) is 9.59 Å². The second-order valence-electron chi connectivity index (χ2n) is 7.27. The summed E-state index contributed by atoms with van der Waals surface area (Å²) >= 11 is 0. The Morgan fingerprint density at radius 1 is 1.00 bits per heavy atom. The van der Waals surface area contributed by atoms with Gasteiger partial charge in [-0.15, -0.1) is 0 Å². The van der Waals surface area contributed by atoms with Crippen LogP contribution in [0.4, 0.5) is 5.69 Å². The highest BCUT2D eigenvalue weighted by molar-refractivity contribution is 6.23. The molecule has 4 unspecified atom stereocenters. The first-order chi connectivity index (χ1) is 11.6. The van der Waals surface area contributed by atoms with Crippen molar-refractivity contribution in [1.82, 2.24) is 0 Å². The maximum atomic E-state index is 13.1. The van der Waals surface area contributed by atoms with Gasteiger partial charge in [0.2, 0.25) is 11.8 Å². The molecule has 1 aliphatic heterocycles. The van der Waals surface area contributed by atoms with Gasteiger partial charge in [0.05, 0.1) is 31.7 Å². The van der Waals surface area contributed by atoms with E-state index in [1.807, 2.05) is 0 Å². The molecule has 24 heavy (non-hydrogen) atoms. The maximum Gasteiger partial charge on any atom is 0.238 e. The van der Waals surface area contributed by atoms with Crippen LogP contribution >= 0.6 is 0 Å². The lowest BCUT2D eigenvalue weighted by atomic mass is 9.85. The number of anilines is 1. The molecule has 0 N–H and O–H groups in total. The molecule has 1 aromatic rings. The van der Waals surface area contributed by atoms with Crippen molar-refractivity contribution in [3.8, 4) is 11.5 Å². The van der Waals surface area contributed by atoms with Gasteiger partial charge in [0.1, 0.15) is 11.5 Å². The van der Waals surface area contributed by atoms with Crippen LogP contribution in [0.15, 0.2) is 30.4 Å². The average molecular weight is 325 g/mol. The van der Waals surface area contributed by atoms with Crippen molar-refractivity contribution >= 4 is 17.5 Å². The first-order valence-electron chi connectivity index (χ1n) is 8.40. The zero-order chi connectivity index (χ0) is 16.6. The quantitative estimate of drug-likeness (QED) is 0.632.